The molecule has 0 radical (unpaired) electrons. The van der Waals surface area contributed by atoms with Gasteiger partial charge in [-0.2, -0.15) is 13.2 Å². The summed E-state index contributed by atoms with van der Waals surface area (Å²) in [5.74, 6) is 0.440. The van der Waals surface area contributed by atoms with Crippen LogP contribution in [-0.2, 0) is 27.5 Å². The van der Waals surface area contributed by atoms with E-state index in [0.29, 0.717) is 6.54 Å². The Morgan fingerprint density at radius 1 is 1.12 bits per heavy atom. The van der Waals surface area contributed by atoms with Crippen molar-refractivity contribution >= 4 is 21.6 Å². The number of nitrogens with zero attached hydrogens (tertiary/aromatic N) is 1. The van der Waals surface area contributed by atoms with E-state index in [1.54, 1.807) is 12.1 Å². The van der Waals surface area contributed by atoms with Gasteiger partial charge in [0.25, 0.3) is 0 Å². The summed E-state index contributed by atoms with van der Waals surface area (Å²) in [6.07, 6.45) is -3.43. The Balaban J connectivity index is 1.91. The van der Waals surface area contributed by atoms with Crippen molar-refractivity contribution in [2.45, 2.75) is 45.5 Å². The molecule has 0 fully saturated rings. The summed E-state index contributed by atoms with van der Waals surface area (Å²) in [6, 6.07) is 11.4. The highest BCUT2D eigenvalue weighted by Gasteiger charge is 2.31. The molecule has 0 spiro atoms. The third-order valence-corrected chi connectivity index (χ3v) is 5.61. The summed E-state index contributed by atoms with van der Waals surface area (Å²) in [5, 5.41) is 2.74. The van der Waals surface area contributed by atoms with Crippen LogP contribution in [0.15, 0.2) is 48.5 Å². The number of amides is 1. The van der Waals surface area contributed by atoms with Crippen LogP contribution < -0.4 is 14.4 Å². The van der Waals surface area contributed by atoms with Crippen molar-refractivity contribution in [2.75, 3.05) is 17.1 Å². The SMILES string of the molecule is CC(C)Oc1ccc(CNC(=O)CCCN(c2cccc(C(F)(F)F)c2)S(C)(=O)=O)cc1. The molecule has 0 heterocycles. The first-order chi connectivity index (χ1) is 14.9. The van der Waals surface area contributed by atoms with Gasteiger partial charge >= 0.3 is 6.18 Å². The van der Waals surface area contributed by atoms with E-state index in [0.717, 1.165) is 40.1 Å². The van der Waals surface area contributed by atoms with Crippen molar-refractivity contribution < 1.29 is 31.1 Å². The molecule has 0 atom stereocenters. The third-order valence-electron chi connectivity index (χ3n) is 4.41. The molecule has 0 aliphatic heterocycles. The van der Waals surface area contributed by atoms with E-state index in [1.807, 2.05) is 26.0 Å². The minimum atomic E-state index is -4.59. The maximum absolute atomic E-state index is 13.0. The number of ether oxygens (including phenoxy) is 1. The van der Waals surface area contributed by atoms with Crippen LogP contribution in [0.1, 0.15) is 37.8 Å². The van der Waals surface area contributed by atoms with Crippen molar-refractivity contribution in [3.8, 4) is 5.75 Å². The molecule has 0 unspecified atom stereocenters. The predicted molar refractivity (Wildman–Crippen MR) is 117 cm³/mol. The Labute approximate surface area is 186 Å². The molecule has 0 saturated carbocycles. The highest BCUT2D eigenvalue weighted by atomic mass is 32.2. The second-order valence-electron chi connectivity index (χ2n) is 7.57. The fourth-order valence-electron chi connectivity index (χ4n) is 2.95. The number of nitrogens with one attached hydrogen (secondary N) is 1. The van der Waals surface area contributed by atoms with Gasteiger partial charge in [-0.1, -0.05) is 18.2 Å². The van der Waals surface area contributed by atoms with E-state index >= 15 is 0 Å². The Morgan fingerprint density at radius 2 is 1.78 bits per heavy atom. The van der Waals surface area contributed by atoms with Crippen LogP contribution in [0.25, 0.3) is 0 Å². The highest BCUT2D eigenvalue weighted by molar-refractivity contribution is 7.92. The van der Waals surface area contributed by atoms with Gasteiger partial charge in [-0.25, -0.2) is 8.42 Å². The lowest BCUT2D eigenvalue weighted by Crippen LogP contribution is -2.32. The van der Waals surface area contributed by atoms with Crippen LogP contribution in [0, 0.1) is 0 Å². The highest BCUT2D eigenvalue weighted by Crippen LogP contribution is 2.32. The minimum Gasteiger partial charge on any atom is -0.491 e. The largest absolute Gasteiger partial charge is 0.491 e. The maximum atomic E-state index is 13.0. The van der Waals surface area contributed by atoms with E-state index in [1.165, 1.54) is 6.07 Å². The number of alkyl halides is 3. The molecule has 176 valence electrons. The molecule has 0 saturated heterocycles. The Hall–Kier alpha value is -2.75. The van der Waals surface area contributed by atoms with Gasteiger partial charge in [0.15, 0.2) is 0 Å². The Bertz CT molecular complexity index is 1010. The van der Waals surface area contributed by atoms with E-state index in [2.05, 4.69) is 5.32 Å². The number of carbonyl (C=O) groups is 1. The quantitative estimate of drug-likeness (QED) is 0.558. The number of carbonyl (C=O) groups excluding carboxylic acids is 1. The number of anilines is 1. The summed E-state index contributed by atoms with van der Waals surface area (Å²) >= 11 is 0. The topological polar surface area (TPSA) is 75.7 Å². The number of hydrogen-bond acceptors (Lipinski definition) is 4. The zero-order valence-corrected chi connectivity index (χ0v) is 19.0. The molecule has 0 aliphatic carbocycles. The lowest BCUT2D eigenvalue weighted by atomic mass is 10.2. The van der Waals surface area contributed by atoms with E-state index in [9.17, 15) is 26.4 Å². The molecule has 10 heteroatoms. The fraction of sp³-hybridized carbons (Fsp3) is 0.409. The van der Waals surface area contributed by atoms with Gasteiger partial charge in [-0.05, 0) is 56.2 Å². The molecule has 2 aromatic carbocycles. The molecule has 32 heavy (non-hydrogen) atoms. The van der Waals surface area contributed by atoms with Crippen molar-refractivity contribution in [3.63, 3.8) is 0 Å². The van der Waals surface area contributed by atoms with Crippen molar-refractivity contribution in [1.82, 2.24) is 5.32 Å². The lowest BCUT2D eigenvalue weighted by Gasteiger charge is -2.23. The Kier molecular flexibility index (Phi) is 8.54. The smallest absolute Gasteiger partial charge is 0.416 e. The van der Waals surface area contributed by atoms with Gasteiger partial charge in [0.1, 0.15) is 5.75 Å². The lowest BCUT2D eigenvalue weighted by molar-refractivity contribution is -0.137. The summed E-state index contributed by atoms with van der Waals surface area (Å²) in [6.45, 7) is 4.02. The van der Waals surface area contributed by atoms with Gasteiger partial charge in [0.2, 0.25) is 15.9 Å². The second-order valence-corrected chi connectivity index (χ2v) is 9.48. The zero-order valence-electron chi connectivity index (χ0n) is 18.1. The second kappa shape index (κ2) is 10.7. The zero-order chi connectivity index (χ0) is 23.9. The van der Waals surface area contributed by atoms with Crippen LogP contribution in [0.5, 0.6) is 5.75 Å². The van der Waals surface area contributed by atoms with E-state index < -0.39 is 21.8 Å². The summed E-state index contributed by atoms with van der Waals surface area (Å²) in [4.78, 5) is 12.1. The molecule has 2 rings (SSSR count). The van der Waals surface area contributed by atoms with Gasteiger partial charge < -0.3 is 10.1 Å². The molecule has 0 bridgehead atoms. The first-order valence-electron chi connectivity index (χ1n) is 10.0. The Morgan fingerprint density at radius 3 is 2.34 bits per heavy atom. The maximum Gasteiger partial charge on any atom is 0.416 e. The van der Waals surface area contributed by atoms with Crippen LogP contribution in [0.4, 0.5) is 18.9 Å². The van der Waals surface area contributed by atoms with Gasteiger partial charge in [0.05, 0.1) is 23.6 Å². The average molecular weight is 473 g/mol. The van der Waals surface area contributed by atoms with E-state index in [-0.39, 0.29) is 37.1 Å². The molecule has 1 amide bonds. The predicted octanol–water partition coefficient (Wildman–Crippen LogP) is 4.36. The van der Waals surface area contributed by atoms with Crippen molar-refractivity contribution in [1.29, 1.82) is 0 Å². The number of hydrogen-bond donors (Lipinski definition) is 1. The normalized spacial score (nSPS) is 12.0. The third kappa shape index (κ3) is 8.07. The fourth-order valence-corrected chi connectivity index (χ4v) is 3.91. The van der Waals surface area contributed by atoms with Crippen molar-refractivity contribution in [2.24, 2.45) is 0 Å². The number of sulfonamides is 1. The van der Waals surface area contributed by atoms with E-state index in [4.69, 9.17) is 4.74 Å². The van der Waals surface area contributed by atoms with Crippen LogP contribution in [0.3, 0.4) is 0 Å². The molecule has 2 aromatic rings. The molecule has 0 aliphatic rings. The van der Waals surface area contributed by atoms with Crippen LogP contribution in [-0.4, -0.2) is 33.2 Å². The molecular weight excluding hydrogens is 445 g/mol. The number of halogens is 3. The molecular formula is C22H27F3N2O4S. The molecule has 6 nitrogen and oxygen atoms in total. The number of benzene rings is 2. The minimum absolute atomic E-state index is 0.0273. The standard InChI is InChI=1S/C22H27F3N2O4S/c1-16(2)31-20-11-9-17(10-12-20)15-26-21(28)8-5-13-27(32(3,29)30)19-7-4-6-18(14-19)22(23,24)25/h4,6-7,9-12,14,16H,5,8,13,15H2,1-3H3,(H,26,28). The first kappa shape index (κ1) is 25.5. The van der Waals surface area contributed by atoms with Crippen LogP contribution >= 0.6 is 0 Å². The first-order valence-corrected chi connectivity index (χ1v) is 11.9. The molecule has 0 aromatic heterocycles. The van der Waals surface area contributed by atoms with Crippen LogP contribution in [0.2, 0.25) is 0 Å². The average Bonchev–Trinajstić information content (AvgIpc) is 2.69. The summed E-state index contributed by atoms with van der Waals surface area (Å²) in [5.41, 5.74) is -0.158. The monoisotopic (exact) mass is 472 g/mol. The van der Waals surface area contributed by atoms with Crippen molar-refractivity contribution in [3.05, 3.63) is 59.7 Å². The van der Waals surface area contributed by atoms with Gasteiger partial charge in [-0.3, -0.25) is 9.10 Å². The summed E-state index contributed by atoms with van der Waals surface area (Å²) in [7, 11) is -3.82. The number of rotatable bonds is 10. The summed E-state index contributed by atoms with van der Waals surface area (Å²) < 4.78 is 69.5. The van der Waals surface area contributed by atoms with Gasteiger partial charge in [-0.15, -0.1) is 0 Å². The molecule has 1 N–H and O–H groups in total. The van der Waals surface area contributed by atoms with Gasteiger partial charge in [0, 0.05) is 19.5 Å².